The maximum absolute atomic E-state index is 12.8. The Hall–Kier alpha value is -2.15. The number of anilines is 2. The third-order valence-electron chi connectivity index (χ3n) is 6.34. The van der Waals surface area contributed by atoms with Crippen molar-refractivity contribution >= 4 is 23.3 Å². The van der Waals surface area contributed by atoms with Gasteiger partial charge in [-0.2, -0.15) is 0 Å². The Morgan fingerprint density at radius 1 is 1.06 bits per heavy atom. The molecule has 1 aromatic heterocycles. The van der Waals surface area contributed by atoms with Crippen LogP contribution in [0.4, 0.5) is 11.6 Å². The highest BCUT2D eigenvalue weighted by Crippen LogP contribution is 2.22. The zero-order valence-electron chi connectivity index (χ0n) is 21.5. The largest absolute Gasteiger partial charge is 0.373 e. The molecular formula is C26H46N6O. The van der Waals surface area contributed by atoms with Gasteiger partial charge in [0.05, 0.1) is 0 Å². The number of nitrogens with one attached hydrogen (secondary N) is 3. The fourth-order valence-electron chi connectivity index (χ4n) is 4.65. The third-order valence-corrected chi connectivity index (χ3v) is 6.34. The first-order valence-electron chi connectivity index (χ1n) is 13.0. The monoisotopic (exact) mass is 458 g/mol. The van der Waals surface area contributed by atoms with E-state index in [1.165, 1.54) is 32.1 Å². The Balaban J connectivity index is 0.00000187. The molecule has 3 heterocycles. The molecule has 1 aromatic rings. The predicted octanol–water partition coefficient (Wildman–Crippen LogP) is 4.52. The first-order chi connectivity index (χ1) is 16.0. The maximum atomic E-state index is 12.8. The minimum Gasteiger partial charge on any atom is -0.373 e. The van der Waals surface area contributed by atoms with Gasteiger partial charge in [0.1, 0.15) is 17.3 Å². The minimum absolute atomic E-state index is 0.0133. The number of amides is 1. The van der Waals surface area contributed by atoms with E-state index >= 15 is 0 Å². The molecular weight excluding hydrogens is 412 g/mol. The van der Waals surface area contributed by atoms with Crippen molar-refractivity contribution in [2.75, 3.05) is 50.0 Å². The summed E-state index contributed by atoms with van der Waals surface area (Å²) in [4.78, 5) is 22.4. The van der Waals surface area contributed by atoms with E-state index in [-0.39, 0.29) is 17.7 Å². The molecule has 0 aliphatic carbocycles. The van der Waals surface area contributed by atoms with Gasteiger partial charge in [-0.3, -0.25) is 10.2 Å². The summed E-state index contributed by atoms with van der Waals surface area (Å²) in [6.07, 6.45) is 8.13. The van der Waals surface area contributed by atoms with Crippen molar-refractivity contribution in [3.05, 3.63) is 17.7 Å². The summed E-state index contributed by atoms with van der Waals surface area (Å²) < 4.78 is 0. The van der Waals surface area contributed by atoms with Crippen molar-refractivity contribution in [2.45, 2.75) is 78.7 Å². The van der Waals surface area contributed by atoms with Crippen molar-refractivity contribution in [1.82, 2.24) is 15.2 Å². The van der Waals surface area contributed by atoms with Crippen molar-refractivity contribution < 1.29 is 4.79 Å². The first kappa shape index (κ1) is 27.1. The molecule has 0 atom stereocenters. The van der Waals surface area contributed by atoms with Gasteiger partial charge in [-0.05, 0) is 43.7 Å². The number of pyridine rings is 1. The molecule has 2 saturated heterocycles. The Morgan fingerprint density at radius 3 is 2.24 bits per heavy atom. The molecule has 2 aliphatic rings. The van der Waals surface area contributed by atoms with Crippen LogP contribution in [0.25, 0.3) is 0 Å². The van der Waals surface area contributed by atoms with Gasteiger partial charge in [0.25, 0.3) is 5.91 Å². The lowest BCUT2D eigenvalue weighted by Gasteiger charge is -2.33. The summed E-state index contributed by atoms with van der Waals surface area (Å²) in [5, 5.41) is 14.7. The molecule has 0 radical (unpaired) electrons. The second-order valence-corrected chi connectivity index (χ2v) is 9.39. The number of piperidine rings is 1. The zero-order chi connectivity index (χ0) is 24.2. The highest BCUT2D eigenvalue weighted by atomic mass is 16.1. The molecule has 186 valence electrons. The van der Waals surface area contributed by atoms with E-state index in [0.717, 1.165) is 51.4 Å². The normalized spacial score (nSPS) is 18.1. The number of likely N-dealkylation sites (tertiary alicyclic amines) is 1. The van der Waals surface area contributed by atoms with E-state index in [4.69, 9.17) is 10.4 Å². The smallest absolute Gasteiger partial charge is 0.270 e. The predicted molar refractivity (Wildman–Crippen MR) is 140 cm³/mol. The van der Waals surface area contributed by atoms with E-state index in [2.05, 4.69) is 34.3 Å². The van der Waals surface area contributed by atoms with E-state index < -0.39 is 0 Å². The molecule has 0 saturated carbocycles. The molecule has 3 N–H and O–H groups in total. The van der Waals surface area contributed by atoms with E-state index in [1.54, 1.807) is 7.05 Å². The van der Waals surface area contributed by atoms with Crippen LogP contribution >= 0.6 is 0 Å². The van der Waals surface area contributed by atoms with Crippen molar-refractivity contribution in [2.24, 2.45) is 5.92 Å². The van der Waals surface area contributed by atoms with E-state index in [0.29, 0.717) is 17.3 Å². The van der Waals surface area contributed by atoms with Crippen LogP contribution in [0.15, 0.2) is 12.1 Å². The zero-order valence-corrected chi connectivity index (χ0v) is 21.5. The average Bonchev–Trinajstić information content (AvgIpc) is 2.80. The Labute approximate surface area is 201 Å². The second kappa shape index (κ2) is 14.2. The lowest BCUT2D eigenvalue weighted by Crippen LogP contribution is -2.47. The molecule has 7 heteroatoms. The average molecular weight is 459 g/mol. The molecule has 0 unspecified atom stereocenters. The lowest BCUT2D eigenvalue weighted by atomic mass is 10.0. The Bertz CT molecular complexity index is 734. The number of rotatable bonds is 7. The number of hydrogen-bond acceptors (Lipinski definition) is 6. The van der Waals surface area contributed by atoms with Gasteiger partial charge < -0.3 is 20.4 Å². The Kier molecular flexibility index (Phi) is 11.6. The summed E-state index contributed by atoms with van der Waals surface area (Å²) in [5.74, 6) is 1.89. The Morgan fingerprint density at radius 2 is 1.67 bits per heavy atom. The van der Waals surface area contributed by atoms with Crippen molar-refractivity contribution in [1.29, 1.82) is 5.41 Å². The number of nitrogens with zero attached hydrogens (tertiary/aromatic N) is 3. The van der Waals surface area contributed by atoms with E-state index in [1.807, 2.05) is 26.0 Å². The molecule has 2 fully saturated rings. The number of aromatic nitrogens is 1. The molecule has 0 bridgehead atoms. The minimum atomic E-state index is -0.306. The van der Waals surface area contributed by atoms with E-state index in [9.17, 15) is 4.79 Å². The fraction of sp³-hybridized carbons (Fsp3) is 0.731. The molecule has 3 rings (SSSR count). The summed E-state index contributed by atoms with van der Waals surface area (Å²) in [6, 6.07) is 3.98. The fourth-order valence-corrected chi connectivity index (χ4v) is 4.65. The van der Waals surface area contributed by atoms with Crippen LogP contribution in [-0.4, -0.2) is 67.3 Å². The third kappa shape index (κ3) is 8.29. The van der Waals surface area contributed by atoms with Gasteiger partial charge >= 0.3 is 0 Å². The second-order valence-electron chi connectivity index (χ2n) is 9.39. The summed E-state index contributed by atoms with van der Waals surface area (Å²) in [6.45, 7) is 13.6. The maximum Gasteiger partial charge on any atom is 0.270 e. The van der Waals surface area contributed by atoms with Crippen LogP contribution in [0.3, 0.4) is 0 Å². The number of carbonyl (C=O) groups excluding carboxylic acids is 1. The molecule has 0 spiro atoms. The van der Waals surface area contributed by atoms with Gasteiger partial charge in [-0.15, -0.1) is 0 Å². The van der Waals surface area contributed by atoms with Gasteiger partial charge in [-0.1, -0.05) is 47.0 Å². The number of hydrogen-bond donors (Lipinski definition) is 3. The van der Waals surface area contributed by atoms with Crippen LogP contribution in [0.5, 0.6) is 0 Å². The SMILES string of the molecule is CC.CNc1nc(N2CCCCCCC2)ccc1C(=N)C(=O)NC1CCN(CC(C)C)CC1. The van der Waals surface area contributed by atoms with Gasteiger partial charge in [0, 0.05) is 51.4 Å². The van der Waals surface area contributed by atoms with Gasteiger partial charge in [0.2, 0.25) is 0 Å². The van der Waals surface area contributed by atoms with Crippen LogP contribution in [0.2, 0.25) is 0 Å². The van der Waals surface area contributed by atoms with Crippen LogP contribution in [0.1, 0.15) is 78.2 Å². The highest BCUT2D eigenvalue weighted by Gasteiger charge is 2.24. The molecule has 33 heavy (non-hydrogen) atoms. The molecule has 1 amide bonds. The molecule has 2 aliphatic heterocycles. The van der Waals surface area contributed by atoms with Crippen LogP contribution < -0.4 is 15.5 Å². The number of carbonyl (C=O) groups is 1. The quantitative estimate of drug-likeness (QED) is 0.523. The lowest BCUT2D eigenvalue weighted by molar-refractivity contribution is -0.115. The molecule has 0 aromatic carbocycles. The van der Waals surface area contributed by atoms with Crippen LogP contribution in [-0.2, 0) is 4.79 Å². The van der Waals surface area contributed by atoms with Gasteiger partial charge in [-0.25, -0.2) is 4.98 Å². The summed E-state index contributed by atoms with van der Waals surface area (Å²) in [5.41, 5.74) is 0.550. The summed E-state index contributed by atoms with van der Waals surface area (Å²) in [7, 11) is 1.80. The summed E-state index contributed by atoms with van der Waals surface area (Å²) >= 11 is 0. The first-order valence-corrected chi connectivity index (χ1v) is 13.0. The highest BCUT2D eigenvalue weighted by molar-refractivity contribution is 6.45. The van der Waals surface area contributed by atoms with Crippen molar-refractivity contribution in [3.8, 4) is 0 Å². The van der Waals surface area contributed by atoms with Gasteiger partial charge in [0.15, 0.2) is 0 Å². The molecule has 7 nitrogen and oxygen atoms in total. The van der Waals surface area contributed by atoms with Crippen molar-refractivity contribution in [3.63, 3.8) is 0 Å². The topological polar surface area (TPSA) is 84.4 Å². The van der Waals surface area contributed by atoms with Crippen LogP contribution in [0, 0.1) is 11.3 Å². The standard InChI is InChI=1S/C24H40N6O.C2H6/c1-18(2)17-29-15-11-19(12-16-29)27-24(31)22(25)20-9-10-21(28-23(20)26-3)30-13-7-5-4-6-8-14-30;1-2/h9-10,18-19,25H,4-8,11-17H2,1-3H3,(H,26,28)(H,27,31);1-2H3.